The quantitative estimate of drug-likeness (QED) is 0.798. The molecule has 1 atom stereocenters. The lowest BCUT2D eigenvalue weighted by molar-refractivity contribution is 0.422. The van der Waals surface area contributed by atoms with Gasteiger partial charge in [0.1, 0.15) is 5.82 Å². The van der Waals surface area contributed by atoms with Gasteiger partial charge in [0.05, 0.1) is 0 Å². The molecule has 0 heterocycles. The van der Waals surface area contributed by atoms with E-state index in [-0.39, 0.29) is 5.82 Å². The van der Waals surface area contributed by atoms with E-state index < -0.39 is 0 Å². The zero-order valence-electron chi connectivity index (χ0n) is 11.6. The molecule has 1 unspecified atom stereocenters. The first-order chi connectivity index (χ1) is 9.33. The van der Waals surface area contributed by atoms with Gasteiger partial charge in [-0.15, -0.1) is 0 Å². The van der Waals surface area contributed by atoms with Crippen LogP contribution in [0.4, 0.5) is 4.39 Å². The van der Waals surface area contributed by atoms with Gasteiger partial charge < -0.3 is 5.32 Å². The van der Waals surface area contributed by atoms with E-state index in [2.05, 4.69) is 5.32 Å². The van der Waals surface area contributed by atoms with Crippen molar-refractivity contribution in [1.29, 1.82) is 0 Å². The molecule has 2 saturated carbocycles. The molecule has 1 aromatic rings. The van der Waals surface area contributed by atoms with Gasteiger partial charge in [-0.1, -0.05) is 37.8 Å². The van der Waals surface area contributed by atoms with Crippen LogP contribution in [0, 0.1) is 17.7 Å². The van der Waals surface area contributed by atoms with Gasteiger partial charge in [-0.25, -0.2) is 4.39 Å². The topological polar surface area (TPSA) is 12.0 Å². The maximum absolute atomic E-state index is 13.0. The van der Waals surface area contributed by atoms with Crippen LogP contribution in [0.5, 0.6) is 0 Å². The summed E-state index contributed by atoms with van der Waals surface area (Å²) in [5.41, 5.74) is 1.26. The standard InChI is InChI=1S/C17H24FN/c18-16-9-7-15(8-10-16)17(14-5-6-14)19-12-11-13-3-1-2-4-13/h7-10,13-14,17,19H,1-6,11-12H2. The van der Waals surface area contributed by atoms with Crippen LogP contribution in [-0.4, -0.2) is 6.54 Å². The van der Waals surface area contributed by atoms with Crippen LogP contribution in [-0.2, 0) is 0 Å². The first-order valence-corrected chi connectivity index (χ1v) is 7.82. The van der Waals surface area contributed by atoms with Crippen molar-refractivity contribution in [2.45, 2.75) is 51.0 Å². The molecule has 2 aliphatic carbocycles. The van der Waals surface area contributed by atoms with Crippen LogP contribution >= 0.6 is 0 Å². The summed E-state index contributed by atoms with van der Waals surface area (Å²) in [6, 6.07) is 7.51. The molecule has 1 aromatic carbocycles. The molecule has 3 rings (SSSR count). The van der Waals surface area contributed by atoms with E-state index in [4.69, 9.17) is 0 Å². The molecule has 0 amide bonds. The third kappa shape index (κ3) is 3.56. The average Bonchev–Trinajstić information content (AvgIpc) is 3.13. The van der Waals surface area contributed by atoms with Crippen molar-refractivity contribution >= 4 is 0 Å². The van der Waals surface area contributed by atoms with E-state index in [1.54, 1.807) is 12.1 Å². The van der Waals surface area contributed by atoms with Gasteiger partial charge in [0.25, 0.3) is 0 Å². The van der Waals surface area contributed by atoms with Crippen LogP contribution in [0.15, 0.2) is 24.3 Å². The highest BCUT2D eigenvalue weighted by Gasteiger charge is 2.32. The first-order valence-electron chi connectivity index (χ1n) is 7.82. The summed E-state index contributed by atoms with van der Waals surface area (Å²) in [5.74, 6) is 1.58. The lowest BCUT2D eigenvalue weighted by Crippen LogP contribution is -2.25. The second-order valence-electron chi connectivity index (χ2n) is 6.26. The van der Waals surface area contributed by atoms with Gasteiger partial charge in [0.15, 0.2) is 0 Å². The van der Waals surface area contributed by atoms with Crippen molar-refractivity contribution in [2.24, 2.45) is 11.8 Å². The lowest BCUT2D eigenvalue weighted by Gasteiger charge is -2.20. The Bertz CT molecular complexity index is 390. The van der Waals surface area contributed by atoms with E-state index in [0.717, 1.165) is 18.4 Å². The predicted octanol–water partition coefficient (Wildman–Crippen LogP) is 4.45. The summed E-state index contributed by atoms with van der Waals surface area (Å²) in [6.45, 7) is 1.11. The highest BCUT2D eigenvalue weighted by molar-refractivity contribution is 5.22. The van der Waals surface area contributed by atoms with Gasteiger partial charge in [-0.3, -0.25) is 0 Å². The van der Waals surface area contributed by atoms with Crippen molar-refractivity contribution in [1.82, 2.24) is 5.32 Å². The van der Waals surface area contributed by atoms with E-state index in [9.17, 15) is 4.39 Å². The number of halogens is 1. The second kappa shape index (κ2) is 6.04. The smallest absolute Gasteiger partial charge is 0.123 e. The van der Waals surface area contributed by atoms with Crippen molar-refractivity contribution in [3.63, 3.8) is 0 Å². The number of hydrogen-bond acceptors (Lipinski definition) is 1. The predicted molar refractivity (Wildman–Crippen MR) is 76.4 cm³/mol. The normalized spacial score (nSPS) is 21.7. The lowest BCUT2D eigenvalue weighted by atomic mass is 10.0. The highest BCUT2D eigenvalue weighted by Crippen LogP contribution is 2.41. The molecule has 2 heteroatoms. The Morgan fingerprint density at radius 3 is 2.37 bits per heavy atom. The van der Waals surface area contributed by atoms with Crippen LogP contribution in [0.25, 0.3) is 0 Å². The monoisotopic (exact) mass is 261 g/mol. The molecule has 0 aromatic heterocycles. The van der Waals surface area contributed by atoms with E-state index >= 15 is 0 Å². The van der Waals surface area contributed by atoms with Gasteiger partial charge in [0, 0.05) is 6.04 Å². The van der Waals surface area contributed by atoms with Gasteiger partial charge in [0.2, 0.25) is 0 Å². The number of nitrogens with one attached hydrogen (secondary N) is 1. The van der Waals surface area contributed by atoms with Gasteiger partial charge in [-0.2, -0.15) is 0 Å². The van der Waals surface area contributed by atoms with Crippen LogP contribution in [0.3, 0.4) is 0 Å². The average molecular weight is 261 g/mol. The summed E-state index contributed by atoms with van der Waals surface area (Å²) in [7, 11) is 0. The number of rotatable bonds is 6. The minimum Gasteiger partial charge on any atom is -0.310 e. The molecule has 1 nitrogen and oxygen atoms in total. The minimum atomic E-state index is -0.135. The molecule has 0 saturated heterocycles. The minimum absolute atomic E-state index is 0.135. The molecular weight excluding hydrogens is 237 g/mol. The Morgan fingerprint density at radius 1 is 1.05 bits per heavy atom. The van der Waals surface area contributed by atoms with Crippen LogP contribution < -0.4 is 5.32 Å². The molecule has 1 N–H and O–H groups in total. The summed E-state index contributed by atoms with van der Waals surface area (Å²) in [4.78, 5) is 0. The first kappa shape index (κ1) is 13.1. The molecule has 0 radical (unpaired) electrons. The number of benzene rings is 1. The molecule has 19 heavy (non-hydrogen) atoms. The Hall–Kier alpha value is -0.890. The Kier molecular flexibility index (Phi) is 4.17. The Morgan fingerprint density at radius 2 is 1.74 bits per heavy atom. The summed E-state index contributed by atoms with van der Waals surface area (Å²) in [6.07, 6.45) is 9.64. The zero-order valence-corrected chi connectivity index (χ0v) is 11.6. The molecule has 0 aliphatic heterocycles. The second-order valence-corrected chi connectivity index (χ2v) is 6.26. The maximum atomic E-state index is 13.0. The third-order valence-corrected chi connectivity index (χ3v) is 4.71. The Labute approximate surface area is 115 Å². The van der Waals surface area contributed by atoms with Crippen molar-refractivity contribution in [2.75, 3.05) is 6.54 Å². The molecule has 2 aliphatic rings. The van der Waals surface area contributed by atoms with Gasteiger partial charge in [-0.05, 0) is 55.3 Å². The van der Waals surface area contributed by atoms with Crippen molar-refractivity contribution in [3.8, 4) is 0 Å². The highest BCUT2D eigenvalue weighted by atomic mass is 19.1. The molecular formula is C17H24FN. The van der Waals surface area contributed by atoms with E-state index in [1.807, 2.05) is 12.1 Å². The largest absolute Gasteiger partial charge is 0.310 e. The molecule has 0 spiro atoms. The summed E-state index contributed by atoms with van der Waals surface area (Å²) in [5, 5.41) is 3.72. The fraction of sp³-hybridized carbons (Fsp3) is 0.647. The van der Waals surface area contributed by atoms with Crippen LogP contribution in [0.1, 0.15) is 56.6 Å². The van der Waals surface area contributed by atoms with Gasteiger partial charge >= 0.3 is 0 Å². The third-order valence-electron chi connectivity index (χ3n) is 4.71. The fourth-order valence-electron chi connectivity index (χ4n) is 3.40. The van der Waals surface area contributed by atoms with E-state index in [1.165, 1.54) is 50.5 Å². The number of hydrogen-bond donors (Lipinski definition) is 1. The fourth-order valence-corrected chi connectivity index (χ4v) is 3.40. The van der Waals surface area contributed by atoms with Crippen molar-refractivity contribution in [3.05, 3.63) is 35.6 Å². The van der Waals surface area contributed by atoms with Crippen molar-refractivity contribution < 1.29 is 4.39 Å². The van der Waals surface area contributed by atoms with Crippen LogP contribution in [0.2, 0.25) is 0 Å². The SMILES string of the molecule is Fc1ccc(C(NCCC2CCCC2)C2CC2)cc1. The maximum Gasteiger partial charge on any atom is 0.123 e. The Balaban J connectivity index is 1.53. The summed E-state index contributed by atoms with van der Waals surface area (Å²) >= 11 is 0. The summed E-state index contributed by atoms with van der Waals surface area (Å²) < 4.78 is 13.0. The molecule has 0 bridgehead atoms. The molecule has 2 fully saturated rings. The zero-order chi connectivity index (χ0) is 13.1. The van der Waals surface area contributed by atoms with E-state index in [0.29, 0.717) is 6.04 Å². The molecule has 104 valence electrons.